The zero-order chi connectivity index (χ0) is 15.7. The lowest BCUT2D eigenvalue weighted by molar-refractivity contribution is -0.129. The highest BCUT2D eigenvalue weighted by molar-refractivity contribution is 5.81. The van der Waals surface area contributed by atoms with Gasteiger partial charge in [-0.3, -0.25) is 4.79 Å². The maximum atomic E-state index is 12.6. The van der Waals surface area contributed by atoms with Crippen LogP contribution in [0.2, 0.25) is 0 Å². The smallest absolute Gasteiger partial charge is 0.261 e. The quantitative estimate of drug-likeness (QED) is 0.899. The summed E-state index contributed by atoms with van der Waals surface area (Å²) in [5.41, 5.74) is 2.31. The molecule has 0 aromatic heterocycles. The lowest BCUT2D eigenvalue weighted by atomic mass is 9.95. The normalized spacial score (nSPS) is 27.7. The number of carbonyl (C=O) groups excluding carboxylic acids is 1. The van der Waals surface area contributed by atoms with Crippen LogP contribution in [-0.2, 0) is 4.79 Å². The number of hydrogen-bond donors (Lipinski definition) is 1. The molecule has 2 bridgehead atoms. The third-order valence-electron chi connectivity index (χ3n) is 5.55. The van der Waals surface area contributed by atoms with Crippen LogP contribution in [0.4, 0.5) is 0 Å². The minimum Gasteiger partial charge on any atom is -0.480 e. The van der Waals surface area contributed by atoms with E-state index >= 15 is 0 Å². The number of carbonyl (C=O) groups is 1. The molecule has 0 heterocycles. The first-order valence-corrected chi connectivity index (χ1v) is 8.61. The van der Waals surface area contributed by atoms with E-state index in [0.717, 1.165) is 23.7 Å². The van der Waals surface area contributed by atoms with Crippen LogP contribution in [-0.4, -0.2) is 18.1 Å². The van der Waals surface area contributed by atoms with Gasteiger partial charge in [-0.15, -0.1) is 0 Å². The second kappa shape index (κ2) is 6.31. The molecule has 2 aliphatic rings. The molecular weight excluding hydrogens is 274 g/mol. The summed E-state index contributed by atoms with van der Waals surface area (Å²) in [5, 5.41) is 3.25. The Bertz CT molecular complexity index is 554. The van der Waals surface area contributed by atoms with Crippen LogP contribution in [0.3, 0.4) is 0 Å². The molecule has 1 amide bonds. The van der Waals surface area contributed by atoms with Gasteiger partial charge in [0, 0.05) is 6.04 Å². The highest BCUT2D eigenvalue weighted by Crippen LogP contribution is 2.44. The van der Waals surface area contributed by atoms with E-state index in [2.05, 4.69) is 18.3 Å². The minimum absolute atomic E-state index is 0.0564. The Hall–Kier alpha value is -1.51. The highest BCUT2D eigenvalue weighted by atomic mass is 16.5. The van der Waals surface area contributed by atoms with Crippen LogP contribution in [0.5, 0.6) is 5.75 Å². The summed E-state index contributed by atoms with van der Waals surface area (Å²) in [7, 11) is 0. The Labute approximate surface area is 133 Å². The second-order valence-corrected chi connectivity index (χ2v) is 7.00. The number of nitrogens with one attached hydrogen (secondary N) is 1. The molecule has 120 valence electrons. The van der Waals surface area contributed by atoms with Crippen molar-refractivity contribution in [2.24, 2.45) is 11.8 Å². The van der Waals surface area contributed by atoms with Crippen molar-refractivity contribution in [3.8, 4) is 5.75 Å². The summed E-state index contributed by atoms with van der Waals surface area (Å²) in [4.78, 5) is 12.6. The Morgan fingerprint density at radius 2 is 2.14 bits per heavy atom. The zero-order valence-corrected chi connectivity index (χ0v) is 13.9. The van der Waals surface area contributed by atoms with Crippen molar-refractivity contribution < 1.29 is 9.53 Å². The molecule has 3 rings (SSSR count). The number of aryl methyl sites for hydroxylation is 1. The lowest BCUT2D eigenvalue weighted by Gasteiger charge is -2.26. The van der Waals surface area contributed by atoms with E-state index in [4.69, 9.17) is 4.74 Å². The van der Waals surface area contributed by atoms with Crippen molar-refractivity contribution in [3.05, 3.63) is 29.3 Å². The van der Waals surface area contributed by atoms with Gasteiger partial charge >= 0.3 is 0 Å². The molecule has 2 fully saturated rings. The Balaban J connectivity index is 1.63. The Morgan fingerprint density at radius 3 is 2.77 bits per heavy atom. The van der Waals surface area contributed by atoms with Crippen LogP contribution in [0.15, 0.2) is 18.2 Å². The first-order chi connectivity index (χ1) is 10.6. The first-order valence-electron chi connectivity index (χ1n) is 8.61. The van der Waals surface area contributed by atoms with Crippen LogP contribution >= 0.6 is 0 Å². The van der Waals surface area contributed by atoms with Crippen LogP contribution in [0, 0.1) is 25.7 Å². The molecule has 0 spiro atoms. The van der Waals surface area contributed by atoms with Gasteiger partial charge in [0.2, 0.25) is 0 Å². The van der Waals surface area contributed by atoms with Gasteiger partial charge in [-0.05, 0) is 68.6 Å². The molecule has 2 saturated carbocycles. The second-order valence-electron chi connectivity index (χ2n) is 7.00. The number of rotatable bonds is 5. The molecular formula is C19H27NO2. The van der Waals surface area contributed by atoms with Gasteiger partial charge in [0.1, 0.15) is 5.75 Å². The predicted molar refractivity (Wildman–Crippen MR) is 88.0 cm³/mol. The number of ether oxygens (including phenoxy) is 1. The molecule has 1 N–H and O–H groups in total. The minimum atomic E-state index is -0.389. The fourth-order valence-electron chi connectivity index (χ4n) is 4.02. The monoisotopic (exact) mass is 301 g/mol. The maximum Gasteiger partial charge on any atom is 0.261 e. The number of hydrogen-bond acceptors (Lipinski definition) is 2. The molecule has 1 aromatic carbocycles. The average molecular weight is 301 g/mol. The topological polar surface area (TPSA) is 38.3 Å². The van der Waals surface area contributed by atoms with E-state index < -0.39 is 0 Å². The van der Waals surface area contributed by atoms with Gasteiger partial charge in [0.15, 0.2) is 6.10 Å². The van der Waals surface area contributed by atoms with E-state index in [1.165, 1.54) is 24.8 Å². The van der Waals surface area contributed by atoms with E-state index in [9.17, 15) is 4.79 Å². The van der Waals surface area contributed by atoms with Crippen LogP contribution in [0.1, 0.15) is 50.2 Å². The van der Waals surface area contributed by atoms with Crippen molar-refractivity contribution in [2.45, 2.75) is 65.0 Å². The molecule has 0 radical (unpaired) electrons. The summed E-state index contributed by atoms with van der Waals surface area (Å²) in [6.07, 6.45) is 5.41. The summed E-state index contributed by atoms with van der Waals surface area (Å²) < 4.78 is 6.02. The van der Waals surface area contributed by atoms with Gasteiger partial charge in [-0.25, -0.2) is 0 Å². The average Bonchev–Trinajstić information content (AvgIpc) is 3.11. The van der Waals surface area contributed by atoms with Gasteiger partial charge < -0.3 is 10.1 Å². The van der Waals surface area contributed by atoms with E-state index in [0.29, 0.717) is 18.4 Å². The van der Waals surface area contributed by atoms with E-state index in [1.807, 2.05) is 26.0 Å². The first kappa shape index (κ1) is 15.4. The SMILES string of the molecule is CC[C@H](Oc1cccc(C)c1C)C(=O)N[C@@H]1C[C@H]2CC[C@H]1C2. The molecule has 22 heavy (non-hydrogen) atoms. The molecule has 0 saturated heterocycles. The largest absolute Gasteiger partial charge is 0.480 e. The molecule has 2 aliphatic carbocycles. The lowest BCUT2D eigenvalue weighted by Crippen LogP contribution is -2.45. The van der Waals surface area contributed by atoms with Crippen molar-refractivity contribution in [1.29, 1.82) is 0 Å². The van der Waals surface area contributed by atoms with Crippen LogP contribution in [0.25, 0.3) is 0 Å². The standard InChI is InChI=1S/C19H27NO2/c1-4-17(22-18-7-5-6-12(2)13(18)3)19(21)20-16-11-14-8-9-15(16)10-14/h5-7,14-17H,4,8-11H2,1-3H3,(H,20,21)/t14-,15-,16+,17-/m0/s1. The Morgan fingerprint density at radius 1 is 1.32 bits per heavy atom. The predicted octanol–water partition coefficient (Wildman–Crippen LogP) is 3.77. The van der Waals surface area contributed by atoms with Crippen molar-refractivity contribution in [1.82, 2.24) is 5.32 Å². The number of amides is 1. The van der Waals surface area contributed by atoms with E-state index in [-0.39, 0.29) is 12.0 Å². The molecule has 3 heteroatoms. The number of fused-ring (bicyclic) bond motifs is 2. The summed E-state index contributed by atoms with van der Waals surface area (Å²) >= 11 is 0. The van der Waals surface area contributed by atoms with Gasteiger partial charge in [-0.1, -0.05) is 25.5 Å². The molecule has 4 atom stereocenters. The van der Waals surface area contributed by atoms with Crippen molar-refractivity contribution in [3.63, 3.8) is 0 Å². The maximum absolute atomic E-state index is 12.6. The summed E-state index contributed by atoms with van der Waals surface area (Å²) in [6, 6.07) is 6.38. The fraction of sp³-hybridized carbons (Fsp3) is 0.632. The molecule has 1 aromatic rings. The third-order valence-corrected chi connectivity index (χ3v) is 5.55. The fourth-order valence-corrected chi connectivity index (χ4v) is 4.02. The highest BCUT2D eigenvalue weighted by Gasteiger charge is 2.40. The third kappa shape index (κ3) is 2.99. The van der Waals surface area contributed by atoms with Crippen LogP contribution < -0.4 is 10.1 Å². The molecule has 0 aliphatic heterocycles. The Kier molecular flexibility index (Phi) is 4.42. The van der Waals surface area contributed by atoms with Gasteiger partial charge in [0.25, 0.3) is 5.91 Å². The zero-order valence-electron chi connectivity index (χ0n) is 13.9. The van der Waals surface area contributed by atoms with Gasteiger partial charge in [-0.2, -0.15) is 0 Å². The summed E-state index contributed by atoms with van der Waals surface area (Å²) in [5.74, 6) is 2.43. The molecule has 0 unspecified atom stereocenters. The van der Waals surface area contributed by atoms with E-state index in [1.54, 1.807) is 0 Å². The van der Waals surface area contributed by atoms with Crippen molar-refractivity contribution >= 4 is 5.91 Å². The number of benzene rings is 1. The van der Waals surface area contributed by atoms with Crippen molar-refractivity contribution in [2.75, 3.05) is 0 Å². The van der Waals surface area contributed by atoms with Gasteiger partial charge in [0.05, 0.1) is 0 Å². The summed E-state index contributed by atoms with van der Waals surface area (Å²) in [6.45, 7) is 6.12. The molecule has 3 nitrogen and oxygen atoms in total.